The molecule has 440 valence electrons. The summed E-state index contributed by atoms with van der Waals surface area (Å²) in [5, 5.41) is 56.9. The molecule has 0 aromatic rings. The lowest BCUT2D eigenvalue weighted by Crippen LogP contribution is -2.61. The molecule has 0 aromatic carbocycles. The van der Waals surface area contributed by atoms with Gasteiger partial charge < -0.3 is 45.1 Å². The van der Waals surface area contributed by atoms with Gasteiger partial charge in [0.05, 0.1) is 25.4 Å². The second-order valence-electron chi connectivity index (χ2n) is 20.7. The van der Waals surface area contributed by atoms with Crippen LogP contribution in [0.2, 0.25) is 0 Å². The average molecular weight is 1080 g/mol. The van der Waals surface area contributed by atoms with Crippen molar-refractivity contribution in [2.24, 2.45) is 0 Å². The maximum Gasteiger partial charge on any atom is 0.306 e. The molecule has 0 bridgehead atoms. The van der Waals surface area contributed by atoms with Gasteiger partial charge >= 0.3 is 5.97 Å². The summed E-state index contributed by atoms with van der Waals surface area (Å²) in [6, 6.07) is -1.07. The van der Waals surface area contributed by atoms with Crippen molar-refractivity contribution in [1.29, 1.82) is 0 Å². The maximum absolute atomic E-state index is 13.4. The van der Waals surface area contributed by atoms with E-state index >= 15 is 0 Å². The largest absolute Gasteiger partial charge is 0.454 e. The van der Waals surface area contributed by atoms with Gasteiger partial charge in [0.25, 0.3) is 0 Å². The molecule has 1 saturated heterocycles. The lowest BCUT2D eigenvalue weighted by atomic mass is 9.99. The number of unbranched alkanes of at least 4 members (excludes halogenated alkanes) is 20. The smallest absolute Gasteiger partial charge is 0.306 e. The molecule has 11 heteroatoms. The highest BCUT2D eigenvalue weighted by Crippen LogP contribution is 2.26. The van der Waals surface area contributed by atoms with Crippen molar-refractivity contribution in [2.45, 2.75) is 282 Å². The number of aliphatic hydroxyl groups is 5. The molecule has 1 aliphatic heterocycles. The molecule has 1 rings (SSSR count). The molecule has 11 nitrogen and oxygen atoms in total. The maximum atomic E-state index is 13.4. The van der Waals surface area contributed by atoms with E-state index in [9.17, 15) is 35.1 Å². The minimum absolute atomic E-state index is 0.0738. The van der Waals surface area contributed by atoms with Crippen molar-refractivity contribution in [3.8, 4) is 0 Å². The monoisotopic (exact) mass is 1080 g/mol. The third-order valence-corrected chi connectivity index (χ3v) is 13.7. The Kier molecular flexibility index (Phi) is 49.1. The van der Waals surface area contributed by atoms with E-state index in [0.717, 1.165) is 96.3 Å². The highest BCUT2D eigenvalue weighted by Gasteiger charge is 2.47. The van der Waals surface area contributed by atoms with Gasteiger partial charge in [-0.3, -0.25) is 9.59 Å². The fourth-order valence-corrected chi connectivity index (χ4v) is 8.74. The van der Waals surface area contributed by atoms with Gasteiger partial charge in [-0.15, -0.1) is 0 Å². The van der Waals surface area contributed by atoms with E-state index in [-0.39, 0.29) is 19.4 Å². The number of carbonyl (C=O) groups is 2. The summed E-state index contributed by atoms with van der Waals surface area (Å²) in [4.78, 5) is 26.5. The van der Waals surface area contributed by atoms with Gasteiger partial charge in [0.2, 0.25) is 5.91 Å². The molecule has 1 heterocycles. The van der Waals surface area contributed by atoms with E-state index in [0.29, 0.717) is 12.8 Å². The van der Waals surface area contributed by atoms with Crippen LogP contribution in [0.15, 0.2) is 109 Å². The quantitative estimate of drug-likeness (QED) is 0.0195. The normalized spacial score (nSPS) is 19.8. The molecule has 1 amide bonds. The van der Waals surface area contributed by atoms with Crippen molar-refractivity contribution in [3.63, 3.8) is 0 Å². The number of hydrogen-bond donors (Lipinski definition) is 6. The zero-order valence-corrected chi connectivity index (χ0v) is 48.5. The van der Waals surface area contributed by atoms with Crippen LogP contribution in [0.25, 0.3) is 0 Å². The zero-order chi connectivity index (χ0) is 56.1. The number of nitrogens with one attached hydrogen (secondary N) is 1. The number of esters is 1. The van der Waals surface area contributed by atoms with Gasteiger partial charge in [0.15, 0.2) is 12.4 Å². The van der Waals surface area contributed by atoms with Crippen molar-refractivity contribution >= 4 is 11.9 Å². The van der Waals surface area contributed by atoms with Gasteiger partial charge in [-0.25, -0.2) is 0 Å². The second kappa shape index (κ2) is 53.0. The molecule has 0 saturated carbocycles. The molecule has 0 spiro atoms. The summed E-state index contributed by atoms with van der Waals surface area (Å²) in [5.41, 5.74) is 0. The van der Waals surface area contributed by atoms with Crippen molar-refractivity contribution in [1.82, 2.24) is 5.32 Å². The lowest BCUT2D eigenvalue weighted by Gasteiger charge is -2.41. The number of carbonyl (C=O) groups excluding carboxylic acids is 2. The number of hydrogen-bond acceptors (Lipinski definition) is 10. The van der Waals surface area contributed by atoms with E-state index in [2.05, 4.69) is 111 Å². The van der Waals surface area contributed by atoms with Gasteiger partial charge in [-0.1, -0.05) is 226 Å². The minimum atomic E-state index is -1.64. The van der Waals surface area contributed by atoms with Gasteiger partial charge in [-0.05, 0) is 109 Å². The molecule has 0 aromatic heterocycles. The highest BCUT2D eigenvalue weighted by atomic mass is 16.7. The van der Waals surface area contributed by atoms with E-state index < -0.39 is 67.4 Å². The minimum Gasteiger partial charge on any atom is -0.454 e. The summed E-state index contributed by atoms with van der Waals surface area (Å²) in [6.45, 7) is 5.67. The molecule has 1 aliphatic rings. The number of rotatable bonds is 50. The zero-order valence-electron chi connectivity index (χ0n) is 48.5. The molecule has 77 heavy (non-hydrogen) atoms. The highest BCUT2D eigenvalue weighted by molar-refractivity contribution is 5.80. The van der Waals surface area contributed by atoms with Crippen molar-refractivity contribution < 1.29 is 49.3 Å². The summed E-state index contributed by atoms with van der Waals surface area (Å²) in [5.74, 6) is -1.29. The average Bonchev–Trinajstić information content (AvgIpc) is 3.43. The number of ether oxygens (including phenoxy) is 3. The third kappa shape index (κ3) is 41.1. The molecule has 0 aliphatic carbocycles. The molecular formula is C66H111NO10. The fraction of sp³-hybridized carbons (Fsp3) is 0.697. The Morgan fingerprint density at radius 2 is 0.896 bits per heavy atom. The Balaban J connectivity index is 2.78. The van der Waals surface area contributed by atoms with Crippen LogP contribution in [0.1, 0.15) is 233 Å². The number of allylic oxidation sites excluding steroid dienone is 17. The topological polar surface area (TPSA) is 175 Å². The van der Waals surface area contributed by atoms with Crippen LogP contribution < -0.4 is 5.32 Å². The van der Waals surface area contributed by atoms with Crippen LogP contribution in [-0.2, 0) is 23.8 Å². The number of aliphatic hydroxyl groups excluding tert-OH is 5. The first-order valence-corrected chi connectivity index (χ1v) is 30.7. The lowest BCUT2D eigenvalue weighted by molar-refractivity contribution is -0.305. The Morgan fingerprint density at radius 3 is 1.36 bits per heavy atom. The standard InChI is InChI=1S/C66H111NO10/c1-4-7-10-13-16-19-22-25-27-29-30-31-33-36-39-42-45-48-51-54-61(71)77-64-63(73)62(72)60(55-68)76-66(64)75-56-57(58(69)52-49-46-43-40-37-34-24-21-18-15-12-9-6-3)67-65(74)59(70)53-50-47-44-41-38-35-32-28-26-23-20-17-14-11-8-5-2/h16-17,19-20,25-28,30-31,35-36,38-39,44,47,49,52,57-60,62-64,66,68-70,72-73H,4-15,18,21-24,29,32-34,37,40-43,45-46,48,50-51,53-56H2,1-3H3,(H,67,74)/b19-16-,20-17-,27-25-,28-26-,31-30-,38-35-,39-36-,47-44-,52-49+. The van der Waals surface area contributed by atoms with Crippen LogP contribution in [0.3, 0.4) is 0 Å². The Bertz CT molecular complexity index is 1660. The van der Waals surface area contributed by atoms with Crippen molar-refractivity contribution in [3.05, 3.63) is 109 Å². The van der Waals surface area contributed by atoms with Gasteiger partial charge in [0, 0.05) is 6.42 Å². The fourth-order valence-electron chi connectivity index (χ4n) is 8.74. The second-order valence-corrected chi connectivity index (χ2v) is 20.7. The van der Waals surface area contributed by atoms with E-state index in [1.54, 1.807) is 6.08 Å². The summed E-state index contributed by atoms with van der Waals surface area (Å²) >= 11 is 0. The SMILES string of the molecule is CCCCC/C=C\C/C=C\C/C=C\C/C=C\CCCCCC(=O)OC1C(OCC(NC(=O)C(O)CC/C=C\C/C=C\C/C=C\C/C=C\CCCCC)C(O)/C=C/CCCCCCCCCCCCC)OC(CO)C(O)C1O. The predicted octanol–water partition coefficient (Wildman–Crippen LogP) is 14.5. The Hall–Kier alpha value is -3.68. The first-order chi connectivity index (χ1) is 37.7. The van der Waals surface area contributed by atoms with Crippen LogP contribution >= 0.6 is 0 Å². The third-order valence-electron chi connectivity index (χ3n) is 13.7. The molecule has 8 unspecified atom stereocenters. The molecule has 0 radical (unpaired) electrons. The summed E-state index contributed by atoms with van der Waals surface area (Å²) < 4.78 is 17.6. The molecule has 8 atom stereocenters. The van der Waals surface area contributed by atoms with Gasteiger partial charge in [0.1, 0.15) is 24.4 Å². The summed E-state index contributed by atoms with van der Waals surface area (Å²) in [6.07, 6.45) is 61.3. The van der Waals surface area contributed by atoms with E-state index in [1.165, 1.54) is 89.9 Å². The van der Waals surface area contributed by atoms with E-state index in [4.69, 9.17) is 14.2 Å². The predicted molar refractivity (Wildman–Crippen MR) is 319 cm³/mol. The van der Waals surface area contributed by atoms with Crippen molar-refractivity contribution in [2.75, 3.05) is 13.2 Å². The van der Waals surface area contributed by atoms with Gasteiger partial charge in [-0.2, -0.15) is 0 Å². The molecule has 6 N–H and O–H groups in total. The Labute approximate surface area is 468 Å². The van der Waals surface area contributed by atoms with Crippen LogP contribution in [-0.4, -0.2) is 99.6 Å². The van der Waals surface area contributed by atoms with Crippen LogP contribution in [0, 0.1) is 0 Å². The molecular weight excluding hydrogens is 967 g/mol. The first-order valence-electron chi connectivity index (χ1n) is 30.7. The number of amides is 1. The summed E-state index contributed by atoms with van der Waals surface area (Å²) in [7, 11) is 0. The Morgan fingerprint density at radius 1 is 0.506 bits per heavy atom. The van der Waals surface area contributed by atoms with Crippen LogP contribution in [0.5, 0.6) is 0 Å². The first kappa shape index (κ1) is 71.3. The van der Waals surface area contributed by atoms with Crippen LogP contribution in [0.4, 0.5) is 0 Å². The molecule has 1 fully saturated rings. The van der Waals surface area contributed by atoms with E-state index in [1.807, 2.05) is 18.2 Å².